The quantitative estimate of drug-likeness (QED) is 0.911. The normalized spacial score (nSPS) is 18.1. The highest BCUT2D eigenvalue weighted by atomic mass is 19.1. The van der Waals surface area contributed by atoms with E-state index in [1.165, 1.54) is 13.2 Å². The Labute approximate surface area is 112 Å². The lowest BCUT2D eigenvalue weighted by Crippen LogP contribution is -2.38. The number of carboxylic acid groups (broad SMARTS) is 1. The highest BCUT2D eigenvalue weighted by Gasteiger charge is 2.43. The Morgan fingerprint density at radius 2 is 1.95 bits per heavy atom. The summed E-state index contributed by atoms with van der Waals surface area (Å²) in [6.07, 6.45) is 3.82. The van der Waals surface area contributed by atoms with E-state index in [0.717, 1.165) is 19.3 Å². The summed E-state index contributed by atoms with van der Waals surface area (Å²) in [7, 11) is 1.49. The van der Waals surface area contributed by atoms with E-state index in [2.05, 4.69) is 0 Å². The van der Waals surface area contributed by atoms with E-state index in [9.17, 15) is 14.3 Å². The molecule has 1 aromatic rings. The zero-order valence-corrected chi connectivity index (χ0v) is 11.3. The Hall–Kier alpha value is -1.58. The minimum atomic E-state index is -1.00. The number of halogens is 1. The Kier molecular flexibility index (Phi) is 3.78. The van der Waals surface area contributed by atoms with Gasteiger partial charge in [-0.2, -0.15) is 0 Å². The summed E-state index contributed by atoms with van der Waals surface area (Å²) in [4.78, 5) is 11.8. The van der Waals surface area contributed by atoms with Gasteiger partial charge >= 0.3 is 5.97 Å². The molecule has 1 saturated carbocycles. The maximum atomic E-state index is 13.8. The summed E-state index contributed by atoms with van der Waals surface area (Å²) in [5.74, 6) is -0.779. The van der Waals surface area contributed by atoms with Crippen LogP contribution in [0.25, 0.3) is 0 Å². The van der Waals surface area contributed by atoms with Crippen molar-refractivity contribution in [2.24, 2.45) is 0 Å². The van der Waals surface area contributed by atoms with Crippen molar-refractivity contribution >= 4 is 5.97 Å². The van der Waals surface area contributed by atoms with Crippen LogP contribution in [0.1, 0.15) is 43.2 Å². The lowest BCUT2D eigenvalue weighted by Gasteiger charge is -2.34. The zero-order chi connectivity index (χ0) is 14.0. The standard InChI is InChI=1S/C15H19FO3/c1-10-8-13(19-2)11(9-12(10)16)15(14(17)18)6-4-3-5-7-15/h8-9H,3-7H2,1-2H3,(H,17,18). The smallest absolute Gasteiger partial charge is 0.314 e. The molecule has 0 aromatic heterocycles. The molecule has 0 amide bonds. The van der Waals surface area contributed by atoms with Crippen molar-refractivity contribution in [1.29, 1.82) is 0 Å². The number of aliphatic carboxylic acids is 1. The lowest BCUT2D eigenvalue weighted by atomic mass is 9.69. The van der Waals surface area contributed by atoms with Crippen LogP contribution < -0.4 is 4.74 Å². The van der Waals surface area contributed by atoms with Crippen LogP contribution in [-0.4, -0.2) is 18.2 Å². The number of carbonyl (C=O) groups is 1. The van der Waals surface area contributed by atoms with Crippen molar-refractivity contribution in [3.63, 3.8) is 0 Å². The van der Waals surface area contributed by atoms with Gasteiger partial charge in [-0.3, -0.25) is 4.79 Å². The van der Waals surface area contributed by atoms with Crippen LogP contribution in [0.5, 0.6) is 5.75 Å². The molecule has 1 N–H and O–H groups in total. The largest absolute Gasteiger partial charge is 0.496 e. The molecule has 0 radical (unpaired) electrons. The van der Waals surface area contributed by atoms with E-state index in [4.69, 9.17) is 4.74 Å². The number of hydrogen-bond acceptors (Lipinski definition) is 2. The van der Waals surface area contributed by atoms with Crippen molar-refractivity contribution in [1.82, 2.24) is 0 Å². The number of rotatable bonds is 3. The number of methoxy groups -OCH3 is 1. The maximum absolute atomic E-state index is 13.8. The van der Waals surface area contributed by atoms with E-state index in [1.54, 1.807) is 13.0 Å². The molecule has 0 aliphatic heterocycles. The van der Waals surface area contributed by atoms with Crippen LogP contribution in [0.4, 0.5) is 4.39 Å². The molecule has 19 heavy (non-hydrogen) atoms. The van der Waals surface area contributed by atoms with Crippen LogP contribution in [0.3, 0.4) is 0 Å². The fraction of sp³-hybridized carbons (Fsp3) is 0.533. The van der Waals surface area contributed by atoms with Gasteiger partial charge in [-0.25, -0.2) is 4.39 Å². The minimum Gasteiger partial charge on any atom is -0.496 e. The highest BCUT2D eigenvalue weighted by Crippen LogP contribution is 2.44. The molecule has 0 spiro atoms. The molecule has 1 aliphatic rings. The third-order valence-electron chi connectivity index (χ3n) is 4.11. The summed E-state index contributed by atoms with van der Waals surface area (Å²) in [6, 6.07) is 2.93. The van der Waals surface area contributed by atoms with Crippen molar-refractivity contribution in [2.75, 3.05) is 7.11 Å². The summed E-state index contributed by atoms with van der Waals surface area (Å²) in [6.45, 7) is 1.65. The van der Waals surface area contributed by atoms with Crippen molar-refractivity contribution < 1.29 is 19.0 Å². The predicted octanol–water partition coefficient (Wildman–Crippen LogP) is 3.43. The molecule has 1 fully saturated rings. The van der Waals surface area contributed by atoms with Gasteiger partial charge in [0.2, 0.25) is 0 Å². The molecule has 0 saturated heterocycles. The van der Waals surface area contributed by atoms with E-state index < -0.39 is 11.4 Å². The molecule has 2 rings (SSSR count). The third-order valence-corrected chi connectivity index (χ3v) is 4.11. The van der Waals surface area contributed by atoms with Crippen LogP contribution >= 0.6 is 0 Å². The second-order valence-electron chi connectivity index (χ2n) is 5.25. The molecular formula is C15H19FO3. The van der Waals surface area contributed by atoms with Gasteiger partial charge in [0.1, 0.15) is 11.6 Å². The first-order valence-corrected chi connectivity index (χ1v) is 6.59. The van der Waals surface area contributed by atoms with Crippen molar-refractivity contribution in [3.05, 3.63) is 29.1 Å². The first-order valence-electron chi connectivity index (χ1n) is 6.59. The first-order chi connectivity index (χ1) is 9.01. The van der Waals surface area contributed by atoms with Crippen molar-refractivity contribution in [2.45, 2.75) is 44.4 Å². The van der Waals surface area contributed by atoms with Gasteiger partial charge in [-0.05, 0) is 37.5 Å². The van der Waals surface area contributed by atoms with E-state index in [-0.39, 0.29) is 5.82 Å². The van der Waals surface area contributed by atoms with Crippen LogP contribution in [0, 0.1) is 12.7 Å². The molecule has 1 aliphatic carbocycles. The monoisotopic (exact) mass is 266 g/mol. The van der Waals surface area contributed by atoms with Gasteiger partial charge in [-0.1, -0.05) is 19.3 Å². The predicted molar refractivity (Wildman–Crippen MR) is 70.1 cm³/mol. The first kappa shape index (κ1) is 13.8. The fourth-order valence-corrected chi connectivity index (χ4v) is 2.95. The zero-order valence-electron chi connectivity index (χ0n) is 11.3. The molecule has 1 aromatic carbocycles. The summed E-state index contributed by atoms with van der Waals surface area (Å²) < 4.78 is 19.1. The van der Waals surface area contributed by atoms with Gasteiger partial charge in [0.15, 0.2) is 0 Å². The molecule has 0 unspecified atom stereocenters. The number of hydrogen-bond donors (Lipinski definition) is 1. The van der Waals surface area contributed by atoms with E-state index in [0.29, 0.717) is 29.7 Å². The fourth-order valence-electron chi connectivity index (χ4n) is 2.95. The SMILES string of the molecule is COc1cc(C)c(F)cc1C1(C(=O)O)CCCCC1. The molecule has 4 heteroatoms. The summed E-state index contributed by atoms with van der Waals surface area (Å²) in [5, 5.41) is 9.64. The Balaban J connectivity index is 2.59. The van der Waals surface area contributed by atoms with Gasteiger partial charge in [0.05, 0.1) is 12.5 Å². The Bertz CT molecular complexity index is 490. The van der Waals surface area contributed by atoms with Crippen LogP contribution in [-0.2, 0) is 10.2 Å². The molecule has 0 heterocycles. The average molecular weight is 266 g/mol. The molecule has 104 valence electrons. The van der Waals surface area contributed by atoms with Gasteiger partial charge in [0, 0.05) is 5.56 Å². The van der Waals surface area contributed by atoms with E-state index in [1.807, 2.05) is 0 Å². The molecule has 0 bridgehead atoms. The van der Waals surface area contributed by atoms with Crippen LogP contribution in [0.2, 0.25) is 0 Å². The second-order valence-corrected chi connectivity index (χ2v) is 5.25. The number of aryl methyl sites for hydroxylation is 1. The lowest BCUT2D eigenvalue weighted by molar-refractivity contribution is -0.145. The van der Waals surface area contributed by atoms with Gasteiger partial charge in [-0.15, -0.1) is 0 Å². The summed E-state index contributed by atoms with van der Waals surface area (Å²) >= 11 is 0. The molecule has 0 atom stereocenters. The molecular weight excluding hydrogens is 247 g/mol. The Morgan fingerprint density at radius 3 is 2.47 bits per heavy atom. The van der Waals surface area contributed by atoms with Crippen LogP contribution in [0.15, 0.2) is 12.1 Å². The second kappa shape index (κ2) is 5.19. The van der Waals surface area contributed by atoms with E-state index >= 15 is 0 Å². The highest BCUT2D eigenvalue weighted by molar-refractivity contribution is 5.82. The summed E-state index contributed by atoms with van der Waals surface area (Å²) in [5.41, 5.74) is -0.0553. The number of carboxylic acids is 1. The maximum Gasteiger partial charge on any atom is 0.314 e. The van der Waals surface area contributed by atoms with Gasteiger partial charge in [0.25, 0.3) is 0 Å². The molecule has 3 nitrogen and oxygen atoms in total. The number of benzene rings is 1. The third kappa shape index (κ3) is 2.31. The van der Waals surface area contributed by atoms with Crippen molar-refractivity contribution in [3.8, 4) is 5.75 Å². The topological polar surface area (TPSA) is 46.5 Å². The Morgan fingerprint density at radius 1 is 1.32 bits per heavy atom. The average Bonchev–Trinajstić information content (AvgIpc) is 2.42. The minimum absolute atomic E-state index is 0.373. The number of ether oxygens (including phenoxy) is 1. The van der Waals surface area contributed by atoms with Gasteiger partial charge < -0.3 is 9.84 Å².